The molecule has 0 fully saturated rings. The summed E-state index contributed by atoms with van der Waals surface area (Å²) in [6.45, 7) is 12.8. The Morgan fingerprint density at radius 3 is 2.25 bits per heavy atom. The number of hydrogen-bond donors (Lipinski definition) is 0. The van der Waals surface area contributed by atoms with Crippen molar-refractivity contribution in [2.45, 2.75) is 47.1 Å². The topological polar surface area (TPSA) is 72.2 Å². The zero-order chi connectivity index (χ0) is 15.7. The van der Waals surface area contributed by atoms with Crippen LogP contribution in [-0.4, -0.2) is 27.0 Å². The minimum absolute atomic E-state index is 0.00811. The van der Waals surface area contributed by atoms with Crippen molar-refractivity contribution in [3.8, 4) is 0 Å². The second-order valence-corrected chi connectivity index (χ2v) is 7.26. The van der Waals surface area contributed by atoms with Crippen LogP contribution in [0.1, 0.15) is 41.5 Å². The van der Waals surface area contributed by atoms with Crippen LogP contribution < -0.4 is 4.90 Å². The number of rotatable bonds is 3. The van der Waals surface area contributed by atoms with Crippen LogP contribution >= 0.6 is 11.6 Å². The van der Waals surface area contributed by atoms with Crippen molar-refractivity contribution in [1.82, 2.24) is 9.97 Å². The molecular formula is C13H21ClN4O2. The van der Waals surface area contributed by atoms with Gasteiger partial charge >= 0.3 is 5.69 Å². The third-order valence-corrected chi connectivity index (χ3v) is 2.80. The molecule has 0 N–H and O–H groups in total. The van der Waals surface area contributed by atoms with Crippen LogP contribution in [0.5, 0.6) is 0 Å². The van der Waals surface area contributed by atoms with E-state index in [1.807, 2.05) is 25.7 Å². The number of hydrogen-bond acceptors (Lipinski definition) is 5. The Kier molecular flexibility index (Phi) is 4.59. The van der Waals surface area contributed by atoms with Crippen LogP contribution in [0.2, 0.25) is 5.28 Å². The third kappa shape index (κ3) is 4.30. The van der Waals surface area contributed by atoms with Crippen LogP contribution in [0.4, 0.5) is 11.5 Å². The number of nitrogens with zero attached hydrogens (tertiary/aromatic N) is 4. The second-order valence-electron chi connectivity index (χ2n) is 6.92. The molecule has 112 valence electrons. The maximum Gasteiger partial charge on any atom is 0.329 e. The van der Waals surface area contributed by atoms with Crippen LogP contribution in [0, 0.1) is 15.5 Å². The van der Waals surface area contributed by atoms with E-state index in [2.05, 4.69) is 30.7 Å². The highest BCUT2D eigenvalue weighted by molar-refractivity contribution is 6.28. The van der Waals surface area contributed by atoms with Crippen molar-refractivity contribution in [2.24, 2.45) is 5.41 Å². The molecule has 0 unspecified atom stereocenters. The van der Waals surface area contributed by atoms with Gasteiger partial charge in [-0.3, -0.25) is 10.1 Å². The molecule has 0 aliphatic heterocycles. The first-order chi connectivity index (χ1) is 8.92. The van der Waals surface area contributed by atoms with Gasteiger partial charge in [0.25, 0.3) is 0 Å². The number of halogens is 1. The summed E-state index contributed by atoms with van der Waals surface area (Å²) in [6.07, 6.45) is 1.16. The molecule has 0 saturated carbocycles. The van der Waals surface area contributed by atoms with Crippen molar-refractivity contribution < 1.29 is 4.92 Å². The number of aromatic nitrogens is 2. The van der Waals surface area contributed by atoms with Crippen molar-refractivity contribution >= 4 is 23.1 Å². The average Bonchev–Trinajstić information content (AvgIpc) is 2.22. The predicted octanol–water partition coefficient (Wildman–Crippen LogP) is 3.69. The van der Waals surface area contributed by atoms with E-state index >= 15 is 0 Å². The first-order valence-electron chi connectivity index (χ1n) is 6.36. The fourth-order valence-corrected chi connectivity index (χ4v) is 1.91. The van der Waals surface area contributed by atoms with Gasteiger partial charge in [0.1, 0.15) is 6.20 Å². The molecule has 1 aromatic rings. The normalized spacial score (nSPS) is 12.3. The summed E-state index contributed by atoms with van der Waals surface area (Å²) in [5, 5.41) is 11.2. The minimum Gasteiger partial charge on any atom is -0.345 e. The zero-order valence-corrected chi connectivity index (χ0v) is 13.5. The molecule has 0 aliphatic rings. The highest BCUT2D eigenvalue weighted by Gasteiger charge is 2.33. The van der Waals surface area contributed by atoms with Crippen LogP contribution in [-0.2, 0) is 0 Å². The van der Waals surface area contributed by atoms with Gasteiger partial charge in [-0.25, -0.2) is 4.98 Å². The van der Waals surface area contributed by atoms with E-state index in [0.717, 1.165) is 6.20 Å². The molecule has 6 nitrogen and oxygen atoms in total. The SMILES string of the molecule is CC(C)(C)CN(c1nc(Cl)ncc1[N+](=O)[O-])C(C)(C)C. The second kappa shape index (κ2) is 5.52. The smallest absolute Gasteiger partial charge is 0.329 e. The highest BCUT2D eigenvalue weighted by Crippen LogP contribution is 2.33. The van der Waals surface area contributed by atoms with E-state index in [1.165, 1.54) is 0 Å². The summed E-state index contributed by atoms with van der Waals surface area (Å²) in [4.78, 5) is 20.4. The van der Waals surface area contributed by atoms with E-state index in [4.69, 9.17) is 11.6 Å². The summed E-state index contributed by atoms with van der Waals surface area (Å²) in [6, 6.07) is 0. The van der Waals surface area contributed by atoms with Gasteiger partial charge in [0.05, 0.1) is 4.92 Å². The van der Waals surface area contributed by atoms with Gasteiger partial charge in [-0.2, -0.15) is 4.98 Å². The van der Waals surface area contributed by atoms with Gasteiger partial charge in [0.2, 0.25) is 11.1 Å². The van der Waals surface area contributed by atoms with Crippen LogP contribution in [0.15, 0.2) is 6.20 Å². The van der Waals surface area contributed by atoms with Crippen molar-refractivity contribution in [3.05, 3.63) is 21.6 Å². The Morgan fingerprint density at radius 1 is 1.30 bits per heavy atom. The van der Waals surface area contributed by atoms with Gasteiger partial charge in [-0.05, 0) is 37.8 Å². The van der Waals surface area contributed by atoms with E-state index < -0.39 is 4.92 Å². The first kappa shape index (κ1) is 16.6. The largest absolute Gasteiger partial charge is 0.345 e. The zero-order valence-electron chi connectivity index (χ0n) is 12.8. The fraction of sp³-hybridized carbons (Fsp3) is 0.692. The predicted molar refractivity (Wildman–Crippen MR) is 80.3 cm³/mol. The molecule has 0 atom stereocenters. The lowest BCUT2D eigenvalue weighted by Gasteiger charge is -2.40. The molecule has 0 spiro atoms. The molecule has 0 aliphatic carbocycles. The molecule has 0 saturated heterocycles. The quantitative estimate of drug-likeness (QED) is 0.483. The highest BCUT2D eigenvalue weighted by atomic mass is 35.5. The van der Waals surface area contributed by atoms with Crippen LogP contribution in [0.3, 0.4) is 0 Å². The molecule has 0 aromatic carbocycles. The Balaban J connectivity index is 3.41. The standard InChI is InChI=1S/C13H21ClN4O2/c1-12(2,3)8-17(13(4,5)6)10-9(18(19)20)7-15-11(14)16-10/h7H,8H2,1-6H3. The first-order valence-corrected chi connectivity index (χ1v) is 6.74. The van der Waals surface area contributed by atoms with Gasteiger partial charge in [-0.1, -0.05) is 20.8 Å². The lowest BCUT2D eigenvalue weighted by molar-refractivity contribution is -0.384. The molecule has 1 aromatic heterocycles. The molecular weight excluding hydrogens is 280 g/mol. The Hall–Kier alpha value is -1.43. The molecule has 1 heterocycles. The average molecular weight is 301 g/mol. The summed E-state index contributed by atoms with van der Waals surface area (Å²) < 4.78 is 0. The number of anilines is 1. The summed E-state index contributed by atoms with van der Waals surface area (Å²) >= 11 is 5.82. The van der Waals surface area contributed by atoms with Crippen molar-refractivity contribution in [2.75, 3.05) is 11.4 Å². The minimum atomic E-state index is -0.479. The summed E-state index contributed by atoms with van der Waals surface area (Å²) in [5.74, 6) is 0.262. The van der Waals surface area contributed by atoms with E-state index in [-0.39, 0.29) is 27.7 Å². The number of nitro groups is 1. The van der Waals surface area contributed by atoms with Crippen molar-refractivity contribution in [1.29, 1.82) is 0 Å². The summed E-state index contributed by atoms with van der Waals surface area (Å²) in [7, 11) is 0. The van der Waals surface area contributed by atoms with Gasteiger partial charge < -0.3 is 4.90 Å². The maximum absolute atomic E-state index is 11.2. The molecule has 1 rings (SSSR count). The Bertz CT molecular complexity index is 506. The van der Waals surface area contributed by atoms with Crippen molar-refractivity contribution in [3.63, 3.8) is 0 Å². The monoisotopic (exact) mass is 300 g/mol. The fourth-order valence-electron chi connectivity index (χ4n) is 1.78. The Morgan fingerprint density at radius 2 is 1.85 bits per heavy atom. The lowest BCUT2D eigenvalue weighted by Crippen LogP contribution is -2.46. The summed E-state index contributed by atoms with van der Waals surface area (Å²) in [5.41, 5.74) is -0.498. The van der Waals surface area contributed by atoms with Gasteiger partial charge in [0, 0.05) is 12.1 Å². The maximum atomic E-state index is 11.2. The van der Waals surface area contributed by atoms with Gasteiger partial charge in [-0.15, -0.1) is 0 Å². The third-order valence-electron chi connectivity index (χ3n) is 2.62. The van der Waals surface area contributed by atoms with Crippen LogP contribution in [0.25, 0.3) is 0 Å². The van der Waals surface area contributed by atoms with E-state index in [1.54, 1.807) is 0 Å². The van der Waals surface area contributed by atoms with Gasteiger partial charge in [0.15, 0.2) is 0 Å². The molecule has 20 heavy (non-hydrogen) atoms. The lowest BCUT2D eigenvalue weighted by atomic mass is 9.93. The van der Waals surface area contributed by atoms with E-state index in [9.17, 15) is 10.1 Å². The Labute approximate surface area is 124 Å². The molecule has 0 radical (unpaired) electrons. The molecule has 7 heteroatoms. The molecule has 0 amide bonds. The molecule has 0 bridgehead atoms. The van der Waals surface area contributed by atoms with E-state index in [0.29, 0.717) is 6.54 Å².